The van der Waals surface area contributed by atoms with Crippen LogP contribution in [0.2, 0.25) is 0 Å². The number of rotatable bonds is 4. The van der Waals surface area contributed by atoms with Gasteiger partial charge in [0.25, 0.3) is 0 Å². The summed E-state index contributed by atoms with van der Waals surface area (Å²) in [5, 5.41) is 7.89. The topological polar surface area (TPSA) is 76.5 Å². The summed E-state index contributed by atoms with van der Waals surface area (Å²) in [4.78, 5) is 14.0. The Labute approximate surface area is 156 Å². The fraction of sp³-hybridized carbons (Fsp3) is 0.350. The van der Waals surface area contributed by atoms with Gasteiger partial charge in [0.15, 0.2) is 5.65 Å². The maximum Gasteiger partial charge on any atom is 0.240 e. The number of nitrogens with zero attached hydrogens (tertiary/aromatic N) is 4. The summed E-state index contributed by atoms with van der Waals surface area (Å²) in [5.41, 5.74) is 10.1. The SMILES string of the molecule is C[C@@H](c1ccc(-c2ccc3nncn3c2)cc1)[C@H](N)C(=O)N1CCC(F)C1. The summed E-state index contributed by atoms with van der Waals surface area (Å²) in [7, 11) is 0. The Kier molecular flexibility index (Phi) is 4.61. The zero-order valence-corrected chi connectivity index (χ0v) is 15.1. The van der Waals surface area contributed by atoms with E-state index in [2.05, 4.69) is 10.2 Å². The van der Waals surface area contributed by atoms with Crippen molar-refractivity contribution >= 4 is 11.6 Å². The number of halogens is 1. The number of aromatic nitrogens is 3. The van der Waals surface area contributed by atoms with Gasteiger partial charge in [-0.15, -0.1) is 10.2 Å². The third-order valence-corrected chi connectivity index (χ3v) is 5.33. The van der Waals surface area contributed by atoms with Gasteiger partial charge >= 0.3 is 0 Å². The lowest BCUT2D eigenvalue weighted by Gasteiger charge is -2.25. The van der Waals surface area contributed by atoms with Gasteiger partial charge in [-0.2, -0.15) is 0 Å². The predicted molar refractivity (Wildman–Crippen MR) is 101 cm³/mol. The molecule has 2 aromatic heterocycles. The van der Waals surface area contributed by atoms with E-state index in [0.717, 1.165) is 22.3 Å². The molecule has 1 unspecified atom stereocenters. The number of benzene rings is 1. The molecule has 0 radical (unpaired) electrons. The van der Waals surface area contributed by atoms with Crippen LogP contribution < -0.4 is 5.73 Å². The molecule has 140 valence electrons. The lowest BCUT2D eigenvalue weighted by Crippen LogP contribution is -2.45. The van der Waals surface area contributed by atoms with Gasteiger partial charge in [0.2, 0.25) is 5.91 Å². The molecule has 3 heterocycles. The van der Waals surface area contributed by atoms with Gasteiger partial charge in [0, 0.05) is 18.7 Å². The van der Waals surface area contributed by atoms with Crippen LogP contribution in [0.5, 0.6) is 0 Å². The first-order valence-corrected chi connectivity index (χ1v) is 9.11. The van der Waals surface area contributed by atoms with Crippen molar-refractivity contribution in [2.75, 3.05) is 13.1 Å². The van der Waals surface area contributed by atoms with Gasteiger partial charge < -0.3 is 10.6 Å². The highest BCUT2D eigenvalue weighted by Gasteiger charge is 2.32. The molecule has 1 aliphatic heterocycles. The number of pyridine rings is 1. The number of hydrogen-bond acceptors (Lipinski definition) is 4. The number of likely N-dealkylation sites (tertiary alicyclic amines) is 1. The first-order valence-electron chi connectivity index (χ1n) is 9.11. The van der Waals surface area contributed by atoms with Gasteiger partial charge in [-0.3, -0.25) is 9.20 Å². The molecule has 0 aliphatic carbocycles. The highest BCUT2D eigenvalue weighted by molar-refractivity contribution is 5.83. The van der Waals surface area contributed by atoms with E-state index in [1.54, 1.807) is 6.33 Å². The molecule has 4 rings (SSSR count). The van der Waals surface area contributed by atoms with E-state index >= 15 is 0 Å². The number of amides is 1. The Bertz CT molecular complexity index is 954. The van der Waals surface area contributed by atoms with E-state index in [9.17, 15) is 9.18 Å². The molecule has 1 fully saturated rings. The molecule has 0 saturated carbocycles. The zero-order valence-electron chi connectivity index (χ0n) is 15.1. The Morgan fingerprint density at radius 2 is 1.96 bits per heavy atom. The van der Waals surface area contributed by atoms with E-state index in [1.165, 1.54) is 4.90 Å². The molecule has 27 heavy (non-hydrogen) atoms. The summed E-state index contributed by atoms with van der Waals surface area (Å²) in [6.45, 7) is 2.54. The first kappa shape index (κ1) is 17.6. The van der Waals surface area contributed by atoms with E-state index in [-0.39, 0.29) is 18.4 Å². The zero-order chi connectivity index (χ0) is 19.0. The molecule has 6 nitrogen and oxygen atoms in total. The van der Waals surface area contributed by atoms with E-state index in [1.807, 2.05) is 53.9 Å². The molecular formula is C20H22FN5O. The molecule has 1 amide bonds. The summed E-state index contributed by atoms with van der Waals surface area (Å²) in [5.74, 6) is -0.324. The van der Waals surface area contributed by atoms with E-state index < -0.39 is 12.2 Å². The van der Waals surface area contributed by atoms with E-state index in [4.69, 9.17) is 5.73 Å². The van der Waals surface area contributed by atoms with Crippen molar-refractivity contribution in [2.45, 2.75) is 31.5 Å². The number of fused-ring (bicyclic) bond motifs is 1. The summed E-state index contributed by atoms with van der Waals surface area (Å²) in [6.07, 6.45) is 3.11. The van der Waals surface area contributed by atoms with Crippen molar-refractivity contribution in [1.82, 2.24) is 19.5 Å². The van der Waals surface area contributed by atoms with Crippen molar-refractivity contribution < 1.29 is 9.18 Å². The highest BCUT2D eigenvalue weighted by atomic mass is 19.1. The average Bonchev–Trinajstić information content (AvgIpc) is 3.34. The molecule has 0 spiro atoms. The van der Waals surface area contributed by atoms with Crippen LogP contribution in [-0.4, -0.2) is 50.7 Å². The van der Waals surface area contributed by atoms with Crippen LogP contribution >= 0.6 is 0 Å². The average molecular weight is 367 g/mol. The van der Waals surface area contributed by atoms with Crippen LogP contribution in [0, 0.1) is 0 Å². The molecule has 2 N–H and O–H groups in total. The molecule has 0 bridgehead atoms. The highest BCUT2D eigenvalue weighted by Crippen LogP contribution is 2.25. The molecule has 1 aliphatic rings. The fourth-order valence-electron chi connectivity index (χ4n) is 3.53. The van der Waals surface area contributed by atoms with Crippen LogP contribution in [0.1, 0.15) is 24.8 Å². The third kappa shape index (κ3) is 3.42. The standard InChI is InChI=1S/C20H22FN5O/c1-13(19(22)20(27)25-9-8-17(21)11-25)14-2-4-15(5-3-14)16-6-7-18-24-23-12-26(18)10-16/h2-7,10,12-13,17,19H,8-9,11,22H2,1H3/t13-,17?,19-/m0/s1. The normalized spacial score (nSPS) is 19.4. The van der Waals surface area contributed by atoms with Crippen molar-refractivity contribution in [1.29, 1.82) is 0 Å². The number of alkyl halides is 1. The molecule has 3 aromatic rings. The quantitative estimate of drug-likeness (QED) is 0.768. The maximum atomic E-state index is 13.4. The van der Waals surface area contributed by atoms with Crippen LogP contribution in [0.25, 0.3) is 16.8 Å². The summed E-state index contributed by atoms with van der Waals surface area (Å²) >= 11 is 0. The Morgan fingerprint density at radius 3 is 2.67 bits per heavy atom. The second kappa shape index (κ2) is 7.08. The van der Waals surface area contributed by atoms with Gasteiger partial charge in [0.05, 0.1) is 12.6 Å². The number of carbonyl (C=O) groups excluding carboxylic acids is 1. The van der Waals surface area contributed by atoms with Gasteiger partial charge in [0.1, 0.15) is 12.5 Å². The maximum absolute atomic E-state index is 13.4. The molecule has 3 atom stereocenters. The third-order valence-electron chi connectivity index (χ3n) is 5.33. The minimum absolute atomic E-state index is 0.148. The van der Waals surface area contributed by atoms with Gasteiger partial charge in [-0.1, -0.05) is 31.2 Å². The van der Waals surface area contributed by atoms with Crippen molar-refractivity contribution in [3.8, 4) is 11.1 Å². The van der Waals surface area contributed by atoms with Crippen LogP contribution in [0.4, 0.5) is 4.39 Å². The van der Waals surface area contributed by atoms with Crippen LogP contribution in [0.3, 0.4) is 0 Å². The van der Waals surface area contributed by atoms with Crippen LogP contribution in [-0.2, 0) is 4.79 Å². The Balaban J connectivity index is 1.50. The van der Waals surface area contributed by atoms with Gasteiger partial charge in [-0.05, 0) is 35.2 Å². The minimum atomic E-state index is -0.932. The van der Waals surface area contributed by atoms with Crippen molar-refractivity contribution in [3.63, 3.8) is 0 Å². The van der Waals surface area contributed by atoms with Gasteiger partial charge in [-0.25, -0.2) is 4.39 Å². The lowest BCUT2D eigenvalue weighted by atomic mass is 9.91. The van der Waals surface area contributed by atoms with Crippen molar-refractivity contribution in [3.05, 3.63) is 54.5 Å². The minimum Gasteiger partial charge on any atom is -0.338 e. The van der Waals surface area contributed by atoms with E-state index in [0.29, 0.717) is 13.0 Å². The first-order chi connectivity index (χ1) is 13.0. The number of nitrogens with two attached hydrogens (primary N) is 1. The monoisotopic (exact) mass is 367 g/mol. The lowest BCUT2D eigenvalue weighted by molar-refractivity contribution is -0.132. The largest absolute Gasteiger partial charge is 0.338 e. The second-order valence-electron chi connectivity index (χ2n) is 7.12. The summed E-state index contributed by atoms with van der Waals surface area (Å²) < 4.78 is 15.2. The fourth-order valence-corrected chi connectivity index (χ4v) is 3.53. The second-order valence-corrected chi connectivity index (χ2v) is 7.12. The molecule has 1 aromatic carbocycles. The Hall–Kier alpha value is -2.80. The number of hydrogen-bond donors (Lipinski definition) is 1. The number of carbonyl (C=O) groups is 1. The molecule has 1 saturated heterocycles. The summed E-state index contributed by atoms with van der Waals surface area (Å²) in [6, 6.07) is 11.3. The van der Waals surface area contributed by atoms with Crippen molar-refractivity contribution in [2.24, 2.45) is 5.73 Å². The molecular weight excluding hydrogens is 345 g/mol. The molecule has 7 heteroatoms. The predicted octanol–water partition coefficient (Wildman–Crippen LogP) is 2.40. The van der Waals surface area contributed by atoms with Crippen LogP contribution in [0.15, 0.2) is 48.9 Å². The Morgan fingerprint density at radius 1 is 1.22 bits per heavy atom. The smallest absolute Gasteiger partial charge is 0.240 e.